The highest BCUT2D eigenvalue weighted by Crippen LogP contribution is 2.31. The number of carbonyl (C=O) groups is 1. The maximum atomic E-state index is 11.3. The van der Waals surface area contributed by atoms with Crippen molar-refractivity contribution >= 4 is 5.97 Å². The quantitative estimate of drug-likeness (QED) is 0.836. The molecule has 104 valence electrons. The Morgan fingerprint density at radius 3 is 2.67 bits per heavy atom. The molecule has 2 aliphatic rings. The molecule has 0 amide bonds. The first-order valence-corrected chi connectivity index (χ1v) is 7.28. The zero-order valence-electron chi connectivity index (χ0n) is 11.3. The summed E-state index contributed by atoms with van der Waals surface area (Å²) in [6.45, 7) is 4.05. The van der Waals surface area contributed by atoms with Gasteiger partial charge in [0.05, 0.1) is 13.2 Å². The van der Waals surface area contributed by atoms with Crippen LogP contribution in [-0.2, 0) is 9.53 Å². The van der Waals surface area contributed by atoms with Crippen molar-refractivity contribution in [2.24, 2.45) is 5.92 Å². The van der Waals surface area contributed by atoms with Gasteiger partial charge < -0.3 is 9.84 Å². The van der Waals surface area contributed by atoms with Crippen LogP contribution in [0.5, 0.6) is 0 Å². The van der Waals surface area contributed by atoms with E-state index in [0.717, 1.165) is 25.3 Å². The average Bonchev–Trinajstić information content (AvgIpc) is 2.40. The second-order valence-electron chi connectivity index (χ2n) is 5.63. The molecule has 0 radical (unpaired) electrons. The fourth-order valence-corrected chi connectivity index (χ4v) is 3.44. The van der Waals surface area contributed by atoms with Crippen molar-refractivity contribution in [3.8, 4) is 0 Å². The van der Waals surface area contributed by atoms with Crippen LogP contribution in [0.1, 0.15) is 45.4 Å². The molecule has 2 fully saturated rings. The average molecular weight is 255 g/mol. The van der Waals surface area contributed by atoms with Gasteiger partial charge in [0.2, 0.25) is 0 Å². The van der Waals surface area contributed by atoms with Crippen molar-refractivity contribution in [2.75, 3.05) is 19.8 Å². The Balaban J connectivity index is 1.88. The number of hydrogen-bond donors (Lipinski definition) is 1. The van der Waals surface area contributed by atoms with Crippen molar-refractivity contribution in [1.82, 2.24) is 4.90 Å². The predicted molar refractivity (Wildman–Crippen MR) is 69.6 cm³/mol. The highest BCUT2D eigenvalue weighted by Gasteiger charge is 2.35. The van der Waals surface area contributed by atoms with Crippen molar-refractivity contribution < 1.29 is 14.6 Å². The molecule has 18 heavy (non-hydrogen) atoms. The molecule has 1 atom stereocenters. The van der Waals surface area contributed by atoms with Crippen LogP contribution in [0.4, 0.5) is 0 Å². The van der Waals surface area contributed by atoms with Crippen LogP contribution in [0.2, 0.25) is 0 Å². The largest absolute Gasteiger partial charge is 0.480 e. The van der Waals surface area contributed by atoms with E-state index >= 15 is 0 Å². The summed E-state index contributed by atoms with van der Waals surface area (Å²) in [6.07, 6.45) is 7.45. The molecule has 0 aromatic carbocycles. The molecule has 1 saturated heterocycles. The summed E-state index contributed by atoms with van der Waals surface area (Å²) in [5, 5.41) is 9.25. The van der Waals surface area contributed by atoms with E-state index in [1.807, 2.05) is 0 Å². The number of carboxylic acids is 1. The molecule has 1 aliphatic carbocycles. The zero-order chi connectivity index (χ0) is 13.0. The Kier molecular flexibility index (Phi) is 5.01. The highest BCUT2D eigenvalue weighted by molar-refractivity contribution is 5.73. The summed E-state index contributed by atoms with van der Waals surface area (Å²) >= 11 is 0. The Hall–Kier alpha value is -0.610. The second kappa shape index (κ2) is 6.53. The predicted octanol–water partition coefficient (Wildman–Crippen LogP) is 2.13. The molecule has 0 aromatic rings. The SMILES string of the molecule is CCCC1CCC(N2CCOCC2C(=O)O)CC1. The van der Waals surface area contributed by atoms with Gasteiger partial charge in [-0.2, -0.15) is 0 Å². The molecule has 0 spiro atoms. The number of morpholine rings is 1. The molecule has 1 saturated carbocycles. The minimum Gasteiger partial charge on any atom is -0.480 e. The zero-order valence-corrected chi connectivity index (χ0v) is 11.3. The summed E-state index contributed by atoms with van der Waals surface area (Å²) in [6, 6.07) is 0.0366. The molecule has 4 nitrogen and oxygen atoms in total. The van der Waals surface area contributed by atoms with Gasteiger partial charge in [-0.15, -0.1) is 0 Å². The van der Waals surface area contributed by atoms with E-state index in [2.05, 4.69) is 11.8 Å². The molecular formula is C14H25NO3. The Morgan fingerprint density at radius 2 is 2.06 bits per heavy atom. The molecule has 1 aliphatic heterocycles. The van der Waals surface area contributed by atoms with E-state index < -0.39 is 12.0 Å². The van der Waals surface area contributed by atoms with Gasteiger partial charge in [-0.05, 0) is 31.6 Å². The Bertz CT molecular complexity index is 274. The van der Waals surface area contributed by atoms with E-state index in [9.17, 15) is 9.90 Å². The number of carboxylic acid groups (broad SMARTS) is 1. The second-order valence-corrected chi connectivity index (χ2v) is 5.63. The van der Waals surface area contributed by atoms with Gasteiger partial charge in [0.25, 0.3) is 0 Å². The van der Waals surface area contributed by atoms with E-state index in [4.69, 9.17) is 4.74 Å². The molecule has 0 aromatic heterocycles. The number of nitrogens with zero attached hydrogens (tertiary/aromatic N) is 1. The minimum atomic E-state index is -0.731. The molecule has 1 heterocycles. The van der Waals surface area contributed by atoms with Gasteiger partial charge in [0, 0.05) is 12.6 Å². The number of rotatable bonds is 4. The van der Waals surface area contributed by atoms with Gasteiger partial charge in [-0.3, -0.25) is 9.69 Å². The normalized spacial score (nSPS) is 34.4. The lowest BCUT2D eigenvalue weighted by atomic mass is 9.82. The topological polar surface area (TPSA) is 49.8 Å². The molecule has 1 N–H and O–H groups in total. The molecule has 2 rings (SSSR count). The van der Waals surface area contributed by atoms with Gasteiger partial charge in [0.15, 0.2) is 0 Å². The third kappa shape index (κ3) is 3.23. The van der Waals surface area contributed by atoms with Gasteiger partial charge in [-0.1, -0.05) is 19.8 Å². The minimum absolute atomic E-state index is 0.351. The van der Waals surface area contributed by atoms with Gasteiger partial charge in [-0.25, -0.2) is 0 Å². The lowest BCUT2D eigenvalue weighted by molar-refractivity contribution is -0.152. The van der Waals surface area contributed by atoms with Gasteiger partial charge in [0.1, 0.15) is 6.04 Å². The van der Waals surface area contributed by atoms with Crippen LogP contribution in [0.3, 0.4) is 0 Å². The highest BCUT2D eigenvalue weighted by atomic mass is 16.5. The van der Waals surface area contributed by atoms with Crippen LogP contribution < -0.4 is 0 Å². The van der Waals surface area contributed by atoms with E-state index in [-0.39, 0.29) is 0 Å². The first kappa shape index (κ1) is 13.8. The van der Waals surface area contributed by atoms with Crippen molar-refractivity contribution in [3.05, 3.63) is 0 Å². The van der Waals surface area contributed by atoms with Gasteiger partial charge >= 0.3 is 5.97 Å². The first-order chi connectivity index (χ1) is 8.72. The van der Waals surface area contributed by atoms with Crippen LogP contribution in [0.15, 0.2) is 0 Å². The monoisotopic (exact) mass is 255 g/mol. The van der Waals surface area contributed by atoms with Crippen molar-refractivity contribution in [3.63, 3.8) is 0 Å². The summed E-state index contributed by atoms with van der Waals surface area (Å²) in [5.41, 5.74) is 0. The van der Waals surface area contributed by atoms with E-state index in [0.29, 0.717) is 19.3 Å². The fourth-order valence-electron chi connectivity index (χ4n) is 3.44. The van der Waals surface area contributed by atoms with Crippen LogP contribution in [-0.4, -0.2) is 47.8 Å². The first-order valence-electron chi connectivity index (χ1n) is 7.28. The van der Waals surface area contributed by atoms with E-state index in [1.165, 1.54) is 25.7 Å². The lowest BCUT2D eigenvalue weighted by Crippen LogP contribution is -2.55. The number of ether oxygens (including phenoxy) is 1. The molecular weight excluding hydrogens is 230 g/mol. The van der Waals surface area contributed by atoms with Crippen molar-refractivity contribution in [1.29, 1.82) is 0 Å². The summed E-state index contributed by atoms with van der Waals surface area (Å²) in [4.78, 5) is 13.4. The number of hydrogen-bond acceptors (Lipinski definition) is 3. The number of aliphatic carboxylic acids is 1. The summed E-state index contributed by atoms with van der Waals surface area (Å²) in [5.74, 6) is 0.140. The Morgan fingerprint density at radius 1 is 1.33 bits per heavy atom. The third-order valence-electron chi connectivity index (χ3n) is 4.44. The Labute approximate surface area is 109 Å². The molecule has 1 unspecified atom stereocenters. The molecule has 4 heteroatoms. The smallest absolute Gasteiger partial charge is 0.323 e. The van der Waals surface area contributed by atoms with Crippen molar-refractivity contribution in [2.45, 2.75) is 57.5 Å². The maximum Gasteiger partial charge on any atom is 0.323 e. The summed E-state index contributed by atoms with van der Waals surface area (Å²) in [7, 11) is 0. The lowest BCUT2D eigenvalue weighted by Gasteiger charge is -2.42. The third-order valence-corrected chi connectivity index (χ3v) is 4.44. The maximum absolute atomic E-state index is 11.3. The van der Waals surface area contributed by atoms with Crippen LogP contribution in [0.25, 0.3) is 0 Å². The molecule has 0 bridgehead atoms. The van der Waals surface area contributed by atoms with Crippen LogP contribution in [0, 0.1) is 5.92 Å². The van der Waals surface area contributed by atoms with E-state index in [1.54, 1.807) is 0 Å². The summed E-state index contributed by atoms with van der Waals surface area (Å²) < 4.78 is 5.30. The fraction of sp³-hybridized carbons (Fsp3) is 0.929. The van der Waals surface area contributed by atoms with Crippen LogP contribution >= 0.6 is 0 Å². The standard InChI is InChI=1S/C14H25NO3/c1-2-3-11-4-6-12(7-5-11)15-8-9-18-10-13(15)14(16)17/h11-13H,2-10H2,1H3,(H,16,17).